The molecule has 1 aliphatic rings. The Kier molecular flexibility index (Phi) is 4.15. The Hall–Kier alpha value is -0.980. The van der Waals surface area contributed by atoms with E-state index in [1.807, 2.05) is 18.2 Å². The lowest BCUT2D eigenvalue weighted by molar-refractivity contribution is 0.463. The first-order chi connectivity index (χ1) is 11.1. The van der Waals surface area contributed by atoms with Gasteiger partial charge in [0, 0.05) is 9.35 Å². The largest absolute Gasteiger partial charge is 0.437 e. The van der Waals surface area contributed by atoms with Gasteiger partial charge in [-0.25, -0.2) is 9.97 Å². The van der Waals surface area contributed by atoms with Crippen LogP contribution in [0.1, 0.15) is 23.8 Å². The van der Waals surface area contributed by atoms with E-state index in [4.69, 9.17) is 4.74 Å². The molecule has 3 nitrogen and oxygen atoms in total. The predicted molar refractivity (Wildman–Crippen MR) is 101 cm³/mol. The summed E-state index contributed by atoms with van der Waals surface area (Å²) >= 11 is 8.79. The van der Waals surface area contributed by atoms with Gasteiger partial charge in [-0.2, -0.15) is 0 Å². The Morgan fingerprint density at radius 2 is 2.13 bits per heavy atom. The van der Waals surface area contributed by atoms with Crippen molar-refractivity contribution < 1.29 is 4.74 Å². The normalized spacial score (nSPS) is 17.3. The number of nitrogens with zero attached hydrogens (tertiary/aromatic N) is 2. The molecule has 2 heterocycles. The summed E-state index contributed by atoms with van der Waals surface area (Å²) in [6, 6.07) is 5.87. The van der Waals surface area contributed by atoms with Crippen LogP contribution in [0.15, 0.2) is 33.5 Å². The second-order valence-electron chi connectivity index (χ2n) is 5.89. The summed E-state index contributed by atoms with van der Waals surface area (Å²) in [6.07, 6.45) is 5.03. The highest BCUT2D eigenvalue weighted by atomic mass is 79.9. The van der Waals surface area contributed by atoms with Crippen molar-refractivity contribution in [1.82, 2.24) is 9.97 Å². The zero-order valence-electron chi connectivity index (χ0n) is 12.5. The van der Waals surface area contributed by atoms with Crippen molar-refractivity contribution >= 4 is 53.4 Å². The van der Waals surface area contributed by atoms with Crippen molar-refractivity contribution in [2.45, 2.75) is 26.2 Å². The summed E-state index contributed by atoms with van der Waals surface area (Å²) in [5.41, 5.74) is 1.38. The summed E-state index contributed by atoms with van der Waals surface area (Å²) in [5.74, 6) is 2.16. The second kappa shape index (κ2) is 6.15. The van der Waals surface area contributed by atoms with E-state index in [0.717, 1.165) is 43.7 Å². The minimum absolute atomic E-state index is 0.657. The topological polar surface area (TPSA) is 35.0 Å². The van der Waals surface area contributed by atoms with Crippen molar-refractivity contribution in [3.05, 3.63) is 43.9 Å². The minimum Gasteiger partial charge on any atom is -0.437 e. The summed E-state index contributed by atoms with van der Waals surface area (Å²) in [5, 5.41) is 1.09. The number of hydrogen-bond acceptors (Lipinski definition) is 4. The van der Waals surface area contributed by atoms with Gasteiger partial charge in [0.25, 0.3) is 0 Å². The molecular weight excluding hydrogens is 440 g/mol. The lowest BCUT2D eigenvalue weighted by Crippen LogP contribution is -2.08. The van der Waals surface area contributed by atoms with Crippen LogP contribution in [-0.4, -0.2) is 9.97 Å². The lowest BCUT2D eigenvalue weighted by Gasteiger charge is -2.18. The number of thiophene rings is 1. The molecule has 0 N–H and O–H groups in total. The van der Waals surface area contributed by atoms with Crippen molar-refractivity contribution in [3.63, 3.8) is 0 Å². The fourth-order valence-electron chi connectivity index (χ4n) is 2.99. The number of benzene rings is 1. The molecule has 6 heteroatoms. The molecule has 0 radical (unpaired) electrons. The Morgan fingerprint density at radius 3 is 2.96 bits per heavy atom. The van der Waals surface area contributed by atoms with E-state index in [9.17, 15) is 0 Å². The summed E-state index contributed by atoms with van der Waals surface area (Å²) in [7, 11) is 0. The first kappa shape index (κ1) is 15.5. The Bertz CT molecular complexity index is 894. The van der Waals surface area contributed by atoms with Gasteiger partial charge in [0.1, 0.15) is 16.9 Å². The van der Waals surface area contributed by atoms with Crippen LogP contribution in [0.3, 0.4) is 0 Å². The van der Waals surface area contributed by atoms with Crippen molar-refractivity contribution in [2.75, 3.05) is 0 Å². The van der Waals surface area contributed by atoms with E-state index in [1.54, 1.807) is 17.7 Å². The first-order valence-electron chi connectivity index (χ1n) is 7.50. The maximum Gasteiger partial charge on any atom is 0.231 e. The van der Waals surface area contributed by atoms with Gasteiger partial charge in [0.2, 0.25) is 5.88 Å². The van der Waals surface area contributed by atoms with Gasteiger partial charge in [-0.3, -0.25) is 0 Å². The van der Waals surface area contributed by atoms with Gasteiger partial charge in [-0.1, -0.05) is 22.9 Å². The Balaban J connectivity index is 1.81. The first-order valence-corrected chi connectivity index (χ1v) is 9.90. The van der Waals surface area contributed by atoms with Gasteiger partial charge >= 0.3 is 0 Å². The molecule has 0 aliphatic heterocycles. The fourth-order valence-corrected chi connectivity index (χ4v) is 5.45. The van der Waals surface area contributed by atoms with Crippen molar-refractivity contribution in [3.8, 4) is 11.6 Å². The minimum atomic E-state index is 0.657. The third-order valence-electron chi connectivity index (χ3n) is 4.16. The highest BCUT2D eigenvalue weighted by Crippen LogP contribution is 2.42. The van der Waals surface area contributed by atoms with Gasteiger partial charge in [-0.15, -0.1) is 11.3 Å². The van der Waals surface area contributed by atoms with Gasteiger partial charge < -0.3 is 4.74 Å². The van der Waals surface area contributed by atoms with E-state index in [2.05, 4.69) is 48.8 Å². The molecule has 0 saturated heterocycles. The highest BCUT2D eigenvalue weighted by Gasteiger charge is 2.24. The summed E-state index contributed by atoms with van der Waals surface area (Å²) in [4.78, 5) is 11.3. The average molecular weight is 454 g/mol. The van der Waals surface area contributed by atoms with E-state index >= 15 is 0 Å². The maximum absolute atomic E-state index is 6.12. The molecule has 3 aromatic rings. The van der Waals surface area contributed by atoms with Gasteiger partial charge in [-0.05, 0) is 64.9 Å². The van der Waals surface area contributed by atoms with Crippen molar-refractivity contribution in [2.24, 2.45) is 5.92 Å². The molecule has 0 spiro atoms. The molecular formula is C17H14Br2N2OS. The molecule has 0 saturated carbocycles. The number of hydrogen-bond donors (Lipinski definition) is 0. The van der Waals surface area contributed by atoms with Crippen LogP contribution in [0, 0.1) is 5.92 Å². The van der Waals surface area contributed by atoms with Crippen LogP contribution in [0.4, 0.5) is 0 Å². The van der Waals surface area contributed by atoms with E-state index in [-0.39, 0.29) is 0 Å². The predicted octanol–water partition coefficient (Wildman–Crippen LogP) is 6.13. The molecule has 2 aromatic heterocycles. The molecule has 1 atom stereocenters. The Morgan fingerprint density at radius 1 is 1.26 bits per heavy atom. The average Bonchev–Trinajstić information content (AvgIpc) is 2.88. The van der Waals surface area contributed by atoms with Crippen LogP contribution in [-0.2, 0) is 12.8 Å². The molecule has 23 heavy (non-hydrogen) atoms. The third-order valence-corrected chi connectivity index (χ3v) is 6.43. The Labute approximate surface area is 155 Å². The van der Waals surface area contributed by atoms with Gasteiger partial charge in [0.15, 0.2) is 0 Å². The second-order valence-corrected chi connectivity index (χ2v) is 8.74. The van der Waals surface area contributed by atoms with Crippen LogP contribution in [0.25, 0.3) is 10.2 Å². The van der Waals surface area contributed by atoms with E-state index < -0.39 is 0 Å². The molecule has 0 fully saturated rings. The number of aryl methyl sites for hydroxylation is 1. The lowest BCUT2D eigenvalue weighted by atomic mass is 9.89. The molecule has 1 aromatic carbocycles. The number of fused-ring (bicyclic) bond motifs is 3. The van der Waals surface area contributed by atoms with Crippen LogP contribution >= 0.6 is 43.2 Å². The van der Waals surface area contributed by atoms with Crippen LogP contribution in [0.2, 0.25) is 0 Å². The summed E-state index contributed by atoms with van der Waals surface area (Å²) < 4.78 is 8.02. The molecule has 0 bridgehead atoms. The molecule has 0 amide bonds. The SMILES string of the molecule is C[C@H]1CCc2c(sc3ncnc(Oc4ccc(Br)cc4Br)c23)C1. The zero-order chi connectivity index (χ0) is 16.0. The number of aromatic nitrogens is 2. The standard InChI is InChI=1S/C17H14Br2N2OS/c1-9-2-4-11-14(6-9)23-17-15(11)16(20-8-21-17)22-13-5-3-10(18)7-12(13)19/h3,5,7-9H,2,4,6H2,1H3/t9-/m0/s1. The fraction of sp³-hybridized carbons (Fsp3) is 0.294. The maximum atomic E-state index is 6.12. The van der Waals surface area contributed by atoms with Crippen molar-refractivity contribution in [1.29, 1.82) is 0 Å². The third kappa shape index (κ3) is 2.92. The van der Waals surface area contributed by atoms with E-state index in [0.29, 0.717) is 5.88 Å². The van der Waals surface area contributed by atoms with Crippen LogP contribution in [0.5, 0.6) is 11.6 Å². The smallest absolute Gasteiger partial charge is 0.231 e. The molecule has 0 unspecified atom stereocenters. The van der Waals surface area contributed by atoms with Crippen LogP contribution < -0.4 is 4.74 Å². The summed E-state index contributed by atoms with van der Waals surface area (Å²) in [6.45, 7) is 2.31. The number of rotatable bonds is 2. The zero-order valence-corrected chi connectivity index (χ0v) is 16.5. The molecule has 1 aliphatic carbocycles. The monoisotopic (exact) mass is 452 g/mol. The number of ether oxygens (including phenoxy) is 1. The highest BCUT2D eigenvalue weighted by molar-refractivity contribution is 9.11. The van der Waals surface area contributed by atoms with E-state index in [1.165, 1.54) is 16.9 Å². The molecule has 118 valence electrons. The van der Waals surface area contributed by atoms with Gasteiger partial charge in [0.05, 0.1) is 9.86 Å². The quantitative estimate of drug-likeness (QED) is 0.467. The number of halogens is 2. The molecule has 4 rings (SSSR count).